The summed E-state index contributed by atoms with van der Waals surface area (Å²) in [6.07, 6.45) is 63.9. The van der Waals surface area contributed by atoms with Gasteiger partial charge in [0.15, 0.2) is 18.9 Å². The quantitative estimate of drug-likeness (QED) is 0.0199. The zero-order chi connectivity index (χ0) is 77.4. The summed E-state index contributed by atoms with van der Waals surface area (Å²) in [7, 11) is 0. The molecular formula is C88H157NO18. The molecule has 12 N–H and O–H groups in total. The fourth-order valence-corrected chi connectivity index (χ4v) is 14.4. The van der Waals surface area contributed by atoms with Crippen LogP contribution in [-0.4, -0.2) is 193 Å². The summed E-state index contributed by atoms with van der Waals surface area (Å²) in [6, 6.07) is -0.893. The van der Waals surface area contributed by atoms with Gasteiger partial charge in [-0.05, 0) is 70.6 Å². The van der Waals surface area contributed by atoms with E-state index in [2.05, 4.69) is 104 Å². The second-order valence-electron chi connectivity index (χ2n) is 30.6. The number of carbonyl (C=O) groups is 1. The first-order valence-electron chi connectivity index (χ1n) is 43.3. The molecule has 0 spiro atoms. The Hall–Kier alpha value is -3.03. The molecule has 0 aromatic rings. The highest BCUT2D eigenvalue weighted by molar-refractivity contribution is 5.76. The smallest absolute Gasteiger partial charge is 0.220 e. The van der Waals surface area contributed by atoms with Crippen molar-refractivity contribution in [3.05, 3.63) is 85.1 Å². The number of aliphatic hydroxyl groups excluding tert-OH is 11. The molecule has 3 rings (SSSR count). The molecule has 17 unspecified atom stereocenters. The Bertz CT molecular complexity index is 2260. The van der Waals surface area contributed by atoms with Gasteiger partial charge in [0.2, 0.25) is 5.91 Å². The summed E-state index contributed by atoms with van der Waals surface area (Å²) < 4.78 is 34.6. The lowest BCUT2D eigenvalue weighted by atomic mass is 9.96. The van der Waals surface area contributed by atoms with Gasteiger partial charge in [0, 0.05) is 6.42 Å². The van der Waals surface area contributed by atoms with Gasteiger partial charge in [0.1, 0.15) is 73.2 Å². The highest BCUT2D eigenvalue weighted by Crippen LogP contribution is 2.33. The molecule has 0 bridgehead atoms. The lowest BCUT2D eigenvalue weighted by molar-refractivity contribution is -0.379. The van der Waals surface area contributed by atoms with E-state index < -0.39 is 124 Å². The minimum absolute atomic E-state index is 0.241. The number of hydrogen-bond donors (Lipinski definition) is 12. The number of nitrogens with one attached hydrogen (secondary N) is 1. The van der Waals surface area contributed by atoms with E-state index in [4.69, 9.17) is 28.4 Å². The molecule has 3 saturated heterocycles. The third-order valence-electron chi connectivity index (χ3n) is 21.2. The van der Waals surface area contributed by atoms with E-state index in [1.54, 1.807) is 0 Å². The Morgan fingerprint density at radius 2 is 0.645 bits per heavy atom. The molecule has 19 nitrogen and oxygen atoms in total. The molecule has 3 aliphatic rings. The molecule has 0 aliphatic carbocycles. The van der Waals surface area contributed by atoms with E-state index in [9.17, 15) is 61.0 Å². The molecule has 622 valence electrons. The zero-order valence-corrected chi connectivity index (χ0v) is 66.9. The van der Waals surface area contributed by atoms with Gasteiger partial charge in [-0.3, -0.25) is 4.79 Å². The first-order valence-corrected chi connectivity index (χ1v) is 43.3. The lowest BCUT2D eigenvalue weighted by Gasteiger charge is -2.48. The van der Waals surface area contributed by atoms with Crippen molar-refractivity contribution in [3.8, 4) is 0 Å². The zero-order valence-electron chi connectivity index (χ0n) is 66.9. The van der Waals surface area contributed by atoms with Crippen LogP contribution in [0, 0.1) is 0 Å². The second kappa shape index (κ2) is 67.5. The van der Waals surface area contributed by atoms with Crippen LogP contribution in [0.25, 0.3) is 0 Å². The molecule has 3 heterocycles. The first kappa shape index (κ1) is 98.2. The molecule has 0 aromatic heterocycles. The maximum absolute atomic E-state index is 13.5. The molecule has 107 heavy (non-hydrogen) atoms. The molecule has 1 amide bonds. The standard InChI is InChI=1S/C88H157NO18/c1-3-5-7-9-11-13-15-17-19-21-23-25-27-29-30-31-32-33-34-35-36-37-38-39-40-42-44-46-48-50-52-54-56-58-60-62-64-66-76(94)89-71(72(93)65-63-61-59-57-55-53-51-49-47-45-43-41-28-26-24-22-20-18-16-14-12-10-8-6-4-2)70-102-86-82(100)79(97)84(74(68-91)104-86)107-88-83(101)80(98)85(75(69-92)105-88)106-87-81(99)78(96)77(95)73(67-90)103-87/h5,7,11,13,17,19,23,25,29-30,32-33,35-36,71-75,77-88,90-93,95-101H,3-4,6,8-10,12,14-16,18,20-22,24,26-28,31,34,37-70H2,1-2H3,(H,89,94)/b7-5-,13-11-,19-17-,25-23-,30-29-,33-32-,36-35-. The SMILES string of the molecule is CC/C=C\C/C=C\C/C=C\C/C=C\C/C=C\C/C=C\C/C=C\CCCCCCCCCCCCCCCCCC(=O)NC(COC1OC(CO)C(OC2OC(CO)C(OC3OC(CO)C(O)C(O)C3O)C(O)C2O)C(O)C1O)C(O)CCCCCCCCCCCCCCCCCCCCCCCCCCC. The number of rotatable bonds is 69. The Balaban J connectivity index is 1.33. The van der Waals surface area contributed by atoms with Crippen molar-refractivity contribution in [3.63, 3.8) is 0 Å². The largest absolute Gasteiger partial charge is 0.394 e. The van der Waals surface area contributed by atoms with Gasteiger partial charge in [-0.2, -0.15) is 0 Å². The molecular weight excluding hydrogens is 1360 g/mol. The summed E-state index contributed by atoms with van der Waals surface area (Å²) in [5, 5.41) is 121. The van der Waals surface area contributed by atoms with Crippen LogP contribution < -0.4 is 5.32 Å². The van der Waals surface area contributed by atoms with Crippen molar-refractivity contribution in [2.45, 2.75) is 439 Å². The highest BCUT2D eigenvalue weighted by Gasteiger charge is 2.54. The fraction of sp³-hybridized carbons (Fsp3) is 0.830. The molecule has 0 saturated carbocycles. The fourth-order valence-electron chi connectivity index (χ4n) is 14.4. The highest BCUT2D eigenvalue weighted by atomic mass is 16.8. The summed E-state index contributed by atoms with van der Waals surface area (Å²) in [5.41, 5.74) is 0. The second-order valence-corrected chi connectivity index (χ2v) is 30.6. The number of amides is 1. The van der Waals surface area contributed by atoms with Crippen LogP contribution >= 0.6 is 0 Å². The van der Waals surface area contributed by atoms with Gasteiger partial charge in [-0.15, -0.1) is 0 Å². The van der Waals surface area contributed by atoms with Crippen LogP contribution in [0.4, 0.5) is 0 Å². The molecule has 0 aromatic carbocycles. The topological polar surface area (TPSA) is 307 Å². The van der Waals surface area contributed by atoms with Crippen molar-refractivity contribution in [2.75, 3.05) is 26.4 Å². The maximum Gasteiger partial charge on any atom is 0.220 e. The van der Waals surface area contributed by atoms with Gasteiger partial charge in [-0.25, -0.2) is 0 Å². The summed E-state index contributed by atoms with van der Waals surface area (Å²) in [5.74, 6) is -0.241. The third-order valence-corrected chi connectivity index (χ3v) is 21.2. The van der Waals surface area contributed by atoms with Crippen LogP contribution in [0.1, 0.15) is 335 Å². The van der Waals surface area contributed by atoms with E-state index in [0.29, 0.717) is 12.8 Å². The van der Waals surface area contributed by atoms with Gasteiger partial charge in [0.25, 0.3) is 0 Å². The van der Waals surface area contributed by atoms with E-state index in [1.807, 2.05) is 0 Å². The molecule has 19 heteroatoms. The molecule has 0 radical (unpaired) electrons. The average molecular weight is 1520 g/mol. The Morgan fingerprint density at radius 3 is 1.01 bits per heavy atom. The molecule has 3 aliphatic heterocycles. The lowest BCUT2D eigenvalue weighted by Crippen LogP contribution is -2.66. The van der Waals surface area contributed by atoms with Crippen molar-refractivity contribution in [2.24, 2.45) is 0 Å². The number of allylic oxidation sites excluding steroid dienone is 14. The Labute approximate surface area is 648 Å². The van der Waals surface area contributed by atoms with Crippen molar-refractivity contribution < 1.29 is 89.4 Å². The predicted molar refractivity (Wildman–Crippen MR) is 429 cm³/mol. The van der Waals surface area contributed by atoms with Crippen molar-refractivity contribution >= 4 is 5.91 Å². The van der Waals surface area contributed by atoms with Crippen LogP contribution in [0.5, 0.6) is 0 Å². The third kappa shape index (κ3) is 46.7. The number of ether oxygens (including phenoxy) is 6. The van der Waals surface area contributed by atoms with E-state index >= 15 is 0 Å². The number of unbranched alkanes of at least 4 members (excludes halogenated alkanes) is 39. The van der Waals surface area contributed by atoms with Crippen LogP contribution in [0.3, 0.4) is 0 Å². The molecule has 3 fully saturated rings. The maximum atomic E-state index is 13.5. The van der Waals surface area contributed by atoms with Crippen LogP contribution in [0.15, 0.2) is 85.1 Å². The summed E-state index contributed by atoms with van der Waals surface area (Å²) >= 11 is 0. The van der Waals surface area contributed by atoms with E-state index in [-0.39, 0.29) is 18.9 Å². The minimum Gasteiger partial charge on any atom is -0.394 e. The monoisotopic (exact) mass is 1520 g/mol. The van der Waals surface area contributed by atoms with Crippen LogP contribution in [0.2, 0.25) is 0 Å². The predicted octanol–water partition coefficient (Wildman–Crippen LogP) is 15.7. The van der Waals surface area contributed by atoms with Gasteiger partial charge in [-0.1, -0.05) is 343 Å². The summed E-state index contributed by atoms with van der Waals surface area (Å²) in [4.78, 5) is 13.5. The van der Waals surface area contributed by atoms with E-state index in [0.717, 1.165) is 96.3 Å². The van der Waals surface area contributed by atoms with Gasteiger partial charge < -0.3 is 89.9 Å². The Kier molecular flexibility index (Phi) is 61.9. The van der Waals surface area contributed by atoms with Crippen molar-refractivity contribution in [1.29, 1.82) is 0 Å². The average Bonchev–Trinajstić information content (AvgIpc) is 0.781. The number of hydrogen-bond acceptors (Lipinski definition) is 18. The number of carbonyl (C=O) groups excluding carboxylic acids is 1. The van der Waals surface area contributed by atoms with Crippen LogP contribution in [-0.2, 0) is 33.2 Å². The van der Waals surface area contributed by atoms with Gasteiger partial charge in [0.05, 0.1) is 38.6 Å². The molecule has 17 atom stereocenters. The minimum atomic E-state index is -1.98. The van der Waals surface area contributed by atoms with E-state index in [1.165, 1.54) is 205 Å². The normalized spacial score (nSPS) is 25.9. The number of aliphatic hydroxyl groups is 11. The summed E-state index contributed by atoms with van der Waals surface area (Å²) in [6.45, 7) is 1.73. The Morgan fingerprint density at radius 1 is 0.346 bits per heavy atom. The van der Waals surface area contributed by atoms with Crippen molar-refractivity contribution in [1.82, 2.24) is 5.32 Å². The first-order chi connectivity index (χ1) is 52.3. The van der Waals surface area contributed by atoms with Gasteiger partial charge >= 0.3 is 0 Å².